The van der Waals surface area contributed by atoms with Gasteiger partial charge in [-0.05, 0) is 51.1 Å². The van der Waals surface area contributed by atoms with Gasteiger partial charge in [0.25, 0.3) is 0 Å². The lowest BCUT2D eigenvalue weighted by Gasteiger charge is -2.24. The Labute approximate surface area is 134 Å². The number of aryl methyl sites for hydroxylation is 1. The Balaban J connectivity index is 1.68. The third-order valence-corrected chi connectivity index (χ3v) is 4.33. The molecule has 0 radical (unpaired) electrons. The number of piperidine rings is 1. The van der Waals surface area contributed by atoms with E-state index in [-0.39, 0.29) is 0 Å². The van der Waals surface area contributed by atoms with Crippen molar-refractivity contribution in [3.63, 3.8) is 0 Å². The Hall–Kier alpha value is -2.34. The summed E-state index contributed by atoms with van der Waals surface area (Å²) in [6, 6.07) is 6.42. The SMILES string of the molecule is Cc1ccc(Cn2c(NC3CCNCC3)nc3ccncc32)o1. The molecule has 120 valence electrons. The summed E-state index contributed by atoms with van der Waals surface area (Å²) >= 11 is 0. The number of rotatable bonds is 4. The average molecular weight is 311 g/mol. The van der Waals surface area contributed by atoms with E-state index in [0.29, 0.717) is 12.6 Å². The van der Waals surface area contributed by atoms with E-state index in [4.69, 9.17) is 9.40 Å². The van der Waals surface area contributed by atoms with E-state index >= 15 is 0 Å². The third-order valence-electron chi connectivity index (χ3n) is 4.33. The molecule has 1 aliphatic rings. The van der Waals surface area contributed by atoms with Gasteiger partial charge in [-0.15, -0.1) is 0 Å². The Morgan fingerprint density at radius 2 is 2.17 bits per heavy atom. The van der Waals surface area contributed by atoms with E-state index in [1.165, 1.54) is 0 Å². The molecule has 4 heterocycles. The third kappa shape index (κ3) is 2.94. The highest BCUT2D eigenvalue weighted by atomic mass is 16.3. The maximum Gasteiger partial charge on any atom is 0.204 e. The Morgan fingerprint density at radius 1 is 1.30 bits per heavy atom. The van der Waals surface area contributed by atoms with Crippen molar-refractivity contribution in [3.05, 3.63) is 42.1 Å². The van der Waals surface area contributed by atoms with Gasteiger partial charge in [0, 0.05) is 12.2 Å². The van der Waals surface area contributed by atoms with Crippen molar-refractivity contribution in [2.45, 2.75) is 32.4 Å². The molecule has 2 N–H and O–H groups in total. The molecule has 1 fully saturated rings. The Bertz CT molecular complexity index is 800. The molecule has 1 aliphatic heterocycles. The number of fused-ring (bicyclic) bond motifs is 1. The lowest BCUT2D eigenvalue weighted by atomic mass is 10.1. The van der Waals surface area contributed by atoms with Crippen molar-refractivity contribution >= 4 is 17.0 Å². The van der Waals surface area contributed by atoms with E-state index in [1.807, 2.05) is 31.3 Å². The summed E-state index contributed by atoms with van der Waals surface area (Å²) < 4.78 is 7.90. The van der Waals surface area contributed by atoms with Crippen molar-refractivity contribution in [2.24, 2.45) is 0 Å². The molecule has 4 rings (SSSR count). The standard InChI is InChI=1S/C17H21N5O/c1-12-2-3-14(23-12)11-22-16-10-19-9-6-15(16)21-17(22)20-13-4-7-18-8-5-13/h2-3,6,9-10,13,18H,4-5,7-8,11H2,1H3,(H,20,21). The van der Waals surface area contributed by atoms with Crippen LogP contribution in [-0.4, -0.2) is 33.7 Å². The van der Waals surface area contributed by atoms with E-state index in [1.54, 1.807) is 6.20 Å². The van der Waals surface area contributed by atoms with Gasteiger partial charge in [-0.2, -0.15) is 0 Å². The predicted molar refractivity (Wildman–Crippen MR) is 89.6 cm³/mol. The molecular weight excluding hydrogens is 290 g/mol. The first-order chi connectivity index (χ1) is 11.3. The van der Waals surface area contributed by atoms with Gasteiger partial charge in [-0.1, -0.05) is 0 Å². The molecule has 6 nitrogen and oxygen atoms in total. The Morgan fingerprint density at radius 3 is 2.96 bits per heavy atom. The van der Waals surface area contributed by atoms with Crippen molar-refractivity contribution in [3.8, 4) is 0 Å². The zero-order valence-corrected chi connectivity index (χ0v) is 13.2. The summed E-state index contributed by atoms with van der Waals surface area (Å²) in [7, 11) is 0. The monoisotopic (exact) mass is 311 g/mol. The first-order valence-corrected chi connectivity index (χ1v) is 8.12. The molecule has 3 aromatic rings. The number of furan rings is 1. The molecule has 1 saturated heterocycles. The smallest absolute Gasteiger partial charge is 0.204 e. The van der Waals surface area contributed by atoms with Crippen LogP contribution in [0.15, 0.2) is 35.0 Å². The van der Waals surface area contributed by atoms with Gasteiger partial charge in [-0.3, -0.25) is 4.98 Å². The second-order valence-electron chi connectivity index (χ2n) is 6.07. The summed E-state index contributed by atoms with van der Waals surface area (Å²) in [4.78, 5) is 9.01. The van der Waals surface area contributed by atoms with Crippen molar-refractivity contribution < 1.29 is 4.42 Å². The summed E-state index contributed by atoms with van der Waals surface area (Å²) in [5, 5.41) is 7.00. The fourth-order valence-electron chi connectivity index (χ4n) is 3.11. The van der Waals surface area contributed by atoms with Crippen LogP contribution in [0.4, 0.5) is 5.95 Å². The van der Waals surface area contributed by atoms with Crippen LogP contribution in [0.3, 0.4) is 0 Å². The molecule has 0 aliphatic carbocycles. The van der Waals surface area contributed by atoms with Crippen molar-refractivity contribution in [1.82, 2.24) is 19.9 Å². The van der Waals surface area contributed by atoms with Crippen LogP contribution in [0.5, 0.6) is 0 Å². The first kappa shape index (κ1) is 14.3. The maximum absolute atomic E-state index is 5.74. The minimum Gasteiger partial charge on any atom is -0.464 e. The molecule has 23 heavy (non-hydrogen) atoms. The van der Waals surface area contributed by atoms with E-state index in [2.05, 4.69) is 20.2 Å². The minimum atomic E-state index is 0.457. The number of hydrogen-bond acceptors (Lipinski definition) is 5. The zero-order valence-electron chi connectivity index (χ0n) is 13.2. The number of pyridine rings is 1. The fraction of sp³-hybridized carbons (Fsp3) is 0.412. The van der Waals surface area contributed by atoms with Crippen LogP contribution in [0, 0.1) is 6.92 Å². The predicted octanol–water partition coefficient (Wildman–Crippen LogP) is 2.54. The molecule has 0 bridgehead atoms. The van der Waals surface area contributed by atoms with Gasteiger partial charge in [0.1, 0.15) is 11.5 Å². The van der Waals surface area contributed by atoms with Crippen LogP contribution in [-0.2, 0) is 6.54 Å². The van der Waals surface area contributed by atoms with E-state index in [9.17, 15) is 0 Å². The van der Waals surface area contributed by atoms with Gasteiger partial charge in [-0.25, -0.2) is 4.98 Å². The molecule has 6 heteroatoms. The van der Waals surface area contributed by atoms with Crippen molar-refractivity contribution in [2.75, 3.05) is 18.4 Å². The van der Waals surface area contributed by atoms with Gasteiger partial charge in [0.05, 0.1) is 23.8 Å². The molecule has 3 aromatic heterocycles. The van der Waals surface area contributed by atoms with Gasteiger partial charge in [0.2, 0.25) is 5.95 Å². The highest BCUT2D eigenvalue weighted by molar-refractivity contribution is 5.77. The highest BCUT2D eigenvalue weighted by Crippen LogP contribution is 2.23. The second kappa shape index (κ2) is 6.04. The Kier molecular flexibility index (Phi) is 3.75. The summed E-state index contributed by atoms with van der Waals surface area (Å²) in [5.41, 5.74) is 1.98. The van der Waals surface area contributed by atoms with Gasteiger partial charge < -0.3 is 19.6 Å². The van der Waals surface area contributed by atoms with Crippen LogP contribution >= 0.6 is 0 Å². The molecule has 0 saturated carbocycles. The molecule has 0 unspecified atom stereocenters. The summed E-state index contributed by atoms with van der Waals surface area (Å²) in [6.07, 6.45) is 5.87. The average Bonchev–Trinajstić information content (AvgIpc) is 3.13. The van der Waals surface area contributed by atoms with Crippen LogP contribution in [0.1, 0.15) is 24.4 Å². The molecular formula is C17H21N5O. The number of anilines is 1. The number of aromatic nitrogens is 3. The van der Waals surface area contributed by atoms with E-state index < -0.39 is 0 Å². The number of imidazole rings is 1. The highest BCUT2D eigenvalue weighted by Gasteiger charge is 2.18. The first-order valence-electron chi connectivity index (χ1n) is 8.12. The molecule has 0 atom stereocenters. The number of hydrogen-bond donors (Lipinski definition) is 2. The van der Waals surface area contributed by atoms with E-state index in [0.717, 1.165) is 54.4 Å². The van der Waals surface area contributed by atoms with Crippen molar-refractivity contribution in [1.29, 1.82) is 0 Å². The normalized spacial score (nSPS) is 16.0. The van der Waals surface area contributed by atoms with Crippen LogP contribution in [0.25, 0.3) is 11.0 Å². The zero-order chi connectivity index (χ0) is 15.6. The number of nitrogens with zero attached hydrogens (tertiary/aromatic N) is 3. The summed E-state index contributed by atoms with van der Waals surface area (Å²) in [6.45, 7) is 4.72. The molecule has 0 amide bonds. The topological polar surface area (TPSA) is 67.9 Å². The lowest BCUT2D eigenvalue weighted by Crippen LogP contribution is -2.36. The maximum atomic E-state index is 5.74. The quantitative estimate of drug-likeness (QED) is 0.775. The van der Waals surface area contributed by atoms with Crippen LogP contribution < -0.4 is 10.6 Å². The lowest BCUT2D eigenvalue weighted by molar-refractivity contribution is 0.464. The van der Waals surface area contributed by atoms with Gasteiger partial charge >= 0.3 is 0 Å². The number of nitrogens with one attached hydrogen (secondary N) is 2. The minimum absolute atomic E-state index is 0.457. The summed E-state index contributed by atoms with van der Waals surface area (Å²) in [5.74, 6) is 2.75. The van der Waals surface area contributed by atoms with Gasteiger partial charge in [0.15, 0.2) is 0 Å². The molecule has 0 aromatic carbocycles. The fourth-order valence-corrected chi connectivity index (χ4v) is 3.11. The largest absolute Gasteiger partial charge is 0.464 e. The van der Waals surface area contributed by atoms with Crippen LogP contribution in [0.2, 0.25) is 0 Å². The molecule has 0 spiro atoms. The second-order valence-corrected chi connectivity index (χ2v) is 6.07.